The molecule has 1 unspecified atom stereocenters. The number of nitrogens with zero attached hydrogens (tertiary/aromatic N) is 1. The first kappa shape index (κ1) is 29.9. The Morgan fingerprint density at radius 3 is 2.63 bits per heavy atom. The topological polar surface area (TPSA) is 104 Å². The van der Waals surface area contributed by atoms with E-state index in [0.29, 0.717) is 45.0 Å². The van der Waals surface area contributed by atoms with Crippen LogP contribution in [0.5, 0.6) is 23.0 Å². The van der Waals surface area contributed by atoms with Crippen LogP contribution in [0.1, 0.15) is 55.2 Å². The van der Waals surface area contributed by atoms with E-state index in [9.17, 15) is 10.1 Å². The number of hydrogen-bond acceptors (Lipinski definition) is 7. The van der Waals surface area contributed by atoms with Crippen LogP contribution in [0.4, 0.5) is 0 Å². The molecule has 2 N–H and O–H groups in total. The van der Waals surface area contributed by atoms with Crippen molar-refractivity contribution in [1.82, 2.24) is 0 Å². The van der Waals surface area contributed by atoms with Gasteiger partial charge in [0.1, 0.15) is 23.1 Å². The van der Waals surface area contributed by atoms with Crippen molar-refractivity contribution >= 4 is 35.2 Å². The van der Waals surface area contributed by atoms with Crippen LogP contribution >= 0.6 is 23.2 Å². The molecule has 0 radical (unpaired) electrons. The highest BCUT2D eigenvalue weighted by Gasteiger charge is 2.31. The van der Waals surface area contributed by atoms with E-state index in [0.717, 1.165) is 24.8 Å². The van der Waals surface area contributed by atoms with Gasteiger partial charge in [-0.05, 0) is 54.0 Å². The summed E-state index contributed by atoms with van der Waals surface area (Å²) in [4.78, 5) is 12.5. The van der Waals surface area contributed by atoms with Crippen LogP contribution in [0.15, 0.2) is 72.1 Å². The van der Waals surface area contributed by atoms with Gasteiger partial charge in [0.2, 0.25) is 5.88 Å². The number of unbranched alkanes of at least 4 members (excludes halogenated alkanes) is 3. The Kier molecular flexibility index (Phi) is 10.2. The molecule has 3 aromatic carbocycles. The Labute approximate surface area is 249 Å². The molecule has 0 amide bonds. The number of benzene rings is 3. The number of rotatable bonds is 11. The highest BCUT2D eigenvalue weighted by atomic mass is 35.5. The minimum atomic E-state index is -0.612. The lowest BCUT2D eigenvalue weighted by molar-refractivity contribution is -0.128. The van der Waals surface area contributed by atoms with Gasteiger partial charge in [-0.25, -0.2) is 4.79 Å². The van der Waals surface area contributed by atoms with Crippen LogP contribution in [0.3, 0.4) is 0 Å². The zero-order chi connectivity index (χ0) is 29.4. The Hall–Kier alpha value is -4.12. The Balaban J connectivity index is 1.55. The van der Waals surface area contributed by atoms with Crippen LogP contribution in [0.2, 0.25) is 10.0 Å². The molecule has 1 atom stereocenters. The van der Waals surface area contributed by atoms with Gasteiger partial charge in [0, 0.05) is 27.8 Å². The van der Waals surface area contributed by atoms with E-state index in [2.05, 4.69) is 13.0 Å². The molecule has 4 rings (SSSR count). The van der Waals surface area contributed by atoms with Crippen molar-refractivity contribution in [1.29, 1.82) is 5.26 Å². The fourth-order valence-corrected chi connectivity index (χ4v) is 4.95. The maximum Gasteiger partial charge on any atom is 0.336 e. The van der Waals surface area contributed by atoms with Gasteiger partial charge in [-0.3, -0.25) is 0 Å². The molecule has 7 nitrogen and oxygen atoms in total. The standard InChI is InChI=1S/C32H30Cl2N2O5/c1-3-4-5-6-15-39-27-13-8-21(16-29(27)38-2)31-24-12-11-23(18-28(24)41-32(36)25(31)19-35)40-30(37)14-9-20-7-10-22(33)17-26(20)34/h7-14,16-18,31H,3-6,15,36H2,1-2H3/b14-9+. The third-order valence-electron chi connectivity index (χ3n) is 6.55. The largest absolute Gasteiger partial charge is 0.493 e. The molecule has 212 valence electrons. The lowest BCUT2D eigenvalue weighted by atomic mass is 9.83. The molecule has 9 heteroatoms. The second-order valence-electron chi connectivity index (χ2n) is 9.36. The molecule has 0 saturated carbocycles. The van der Waals surface area contributed by atoms with E-state index in [1.54, 1.807) is 43.5 Å². The smallest absolute Gasteiger partial charge is 0.336 e. The average molecular weight is 594 g/mol. The number of hydrogen-bond donors (Lipinski definition) is 1. The fraction of sp³-hybridized carbons (Fsp3) is 0.250. The summed E-state index contributed by atoms with van der Waals surface area (Å²) in [6.45, 7) is 2.76. The lowest BCUT2D eigenvalue weighted by Gasteiger charge is -2.27. The summed E-state index contributed by atoms with van der Waals surface area (Å²) in [5, 5.41) is 10.8. The van der Waals surface area contributed by atoms with Crippen molar-refractivity contribution in [3.05, 3.63) is 98.9 Å². The van der Waals surface area contributed by atoms with Crippen molar-refractivity contribution in [2.24, 2.45) is 5.73 Å². The minimum Gasteiger partial charge on any atom is -0.493 e. The summed E-state index contributed by atoms with van der Waals surface area (Å²) in [6, 6.07) is 17.6. The van der Waals surface area contributed by atoms with Crippen LogP contribution in [0.25, 0.3) is 6.08 Å². The molecule has 1 heterocycles. The Morgan fingerprint density at radius 1 is 1.07 bits per heavy atom. The van der Waals surface area contributed by atoms with E-state index in [4.69, 9.17) is 47.9 Å². The molecular weight excluding hydrogens is 563 g/mol. The summed E-state index contributed by atoms with van der Waals surface area (Å²) in [5.74, 6) is 0.646. The van der Waals surface area contributed by atoms with Gasteiger partial charge < -0.3 is 24.7 Å². The summed E-state index contributed by atoms with van der Waals surface area (Å²) >= 11 is 12.1. The van der Waals surface area contributed by atoms with Crippen molar-refractivity contribution in [2.75, 3.05) is 13.7 Å². The molecule has 1 aliphatic heterocycles. The Bertz CT molecular complexity index is 1530. The number of carbonyl (C=O) groups excluding carboxylic acids is 1. The maximum absolute atomic E-state index is 12.5. The summed E-state index contributed by atoms with van der Waals surface area (Å²) in [6.07, 6.45) is 7.20. The number of halogens is 2. The molecule has 0 aliphatic carbocycles. The van der Waals surface area contributed by atoms with Gasteiger partial charge >= 0.3 is 5.97 Å². The van der Waals surface area contributed by atoms with E-state index in [-0.39, 0.29) is 17.2 Å². The monoisotopic (exact) mass is 592 g/mol. The van der Waals surface area contributed by atoms with E-state index in [1.807, 2.05) is 18.2 Å². The van der Waals surface area contributed by atoms with E-state index < -0.39 is 11.9 Å². The molecule has 1 aliphatic rings. The predicted octanol–water partition coefficient (Wildman–Crippen LogP) is 7.80. The lowest BCUT2D eigenvalue weighted by Crippen LogP contribution is -2.21. The summed E-state index contributed by atoms with van der Waals surface area (Å²) in [5.41, 5.74) is 8.51. The number of nitriles is 1. The number of allylic oxidation sites excluding steroid dienone is 1. The summed E-state index contributed by atoms with van der Waals surface area (Å²) in [7, 11) is 1.58. The molecule has 0 fully saturated rings. The predicted molar refractivity (Wildman–Crippen MR) is 160 cm³/mol. The number of esters is 1. The quantitative estimate of drug-likeness (QED) is 0.105. The van der Waals surface area contributed by atoms with Crippen molar-refractivity contribution in [3.8, 4) is 29.1 Å². The van der Waals surface area contributed by atoms with Crippen LogP contribution in [-0.4, -0.2) is 19.7 Å². The van der Waals surface area contributed by atoms with Gasteiger partial charge in [-0.2, -0.15) is 5.26 Å². The zero-order valence-corrected chi connectivity index (χ0v) is 24.3. The fourth-order valence-electron chi connectivity index (χ4n) is 4.48. The first-order valence-electron chi connectivity index (χ1n) is 13.2. The minimum absolute atomic E-state index is 0.0269. The molecule has 3 aromatic rings. The van der Waals surface area contributed by atoms with Gasteiger partial charge in [0.15, 0.2) is 11.5 Å². The second kappa shape index (κ2) is 14.0. The molecule has 41 heavy (non-hydrogen) atoms. The highest BCUT2D eigenvalue weighted by molar-refractivity contribution is 6.35. The van der Waals surface area contributed by atoms with Crippen molar-refractivity contribution in [2.45, 2.75) is 38.5 Å². The summed E-state index contributed by atoms with van der Waals surface area (Å²) < 4.78 is 22.8. The third-order valence-corrected chi connectivity index (χ3v) is 7.11. The van der Waals surface area contributed by atoms with Gasteiger partial charge in [0.05, 0.1) is 19.6 Å². The SMILES string of the molecule is CCCCCCOc1ccc(C2C(C#N)=C(N)Oc3cc(OC(=O)/C=C/c4ccc(Cl)cc4Cl)ccc32)cc1OC. The normalized spacial score (nSPS) is 14.3. The van der Waals surface area contributed by atoms with Gasteiger partial charge in [0.25, 0.3) is 0 Å². The molecule has 0 spiro atoms. The first-order chi connectivity index (χ1) is 19.8. The van der Waals surface area contributed by atoms with Crippen LogP contribution in [-0.2, 0) is 4.79 Å². The number of fused-ring (bicyclic) bond motifs is 1. The molecule has 0 saturated heterocycles. The first-order valence-corrected chi connectivity index (χ1v) is 14.0. The molecule has 0 bridgehead atoms. The van der Waals surface area contributed by atoms with Crippen LogP contribution < -0.4 is 24.7 Å². The highest BCUT2D eigenvalue weighted by Crippen LogP contribution is 2.45. The van der Waals surface area contributed by atoms with Crippen molar-refractivity contribution < 1.29 is 23.7 Å². The van der Waals surface area contributed by atoms with E-state index in [1.165, 1.54) is 18.6 Å². The number of carbonyl (C=O) groups is 1. The molecular formula is C32H30Cl2N2O5. The van der Waals surface area contributed by atoms with Crippen LogP contribution in [0, 0.1) is 11.3 Å². The zero-order valence-electron chi connectivity index (χ0n) is 22.8. The Morgan fingerprint density at radius 2 is 1.90 bits per heavy atom. The number of methoxy groups -OCH3 is 1. The maximum atomic E-state index is 12.5. The van der Waals surface area contributed by atoms with E-state index >= 15 is 0 Å². The number of ether oxygens (including phenoxy) is 4. The molecule has 0 aromatic heterocycles. The van der Waals surface area contributed by atoms with Gasteiger partial charge in [-0.1, -0.05) is 67.6 Å². The number of nitrogens with two attached hydrogens (primary N) is 1. The van der Waals surface area contributed by atoms with Crippen molar-refractivity contribution in [3.63, 3.8) is 0 Å². The average Bonchev–Trinajstić information content (AvgIpc) is 2.96. The van der Waals surface area contributed by atoms with Gasteiger partial charge in [-0.15, -0.1) is 0 Å². The third kappa shape index (κ3) is 7.35. The second-order valence-corrected chi connectivity index (χ2v) is 10.2.